The van der Waals surface area contributed by atoms with E-state index in [9.17, 15) is 34.5 Å². The molecular weight excluding hydrogens is 628 g/mol. The van der Waals surface area contributed by atoms with Crippen LogP contribution in [0.5, 0.6) is 5.75 Å². The van der Waals surface area contributed by atoms with Gasteiger partial charge in [-0.2, -0.15) is 0 Å². The van der Waals surface area contributed by atoms with Crippen molar-refractivity contribution in [3.05, 3.63) is 29.8 Å². The molecule has 1 atom stereocenters. The van der Waals surface area contributed by atoms with Crippen molar-refractivity contribution in [3.8, 4) is 5.75 Å². The Morgan fingerprint density at radius 1 is 0.667 bits per heavy atom. The SMILES string of the molecule is CCOCCOCCOc1ccc(CCCC(C(=O)OCC)N2CCN(CC(=O)O)CCN(CC(=O)O)CCN(CC(=O)O)CC2)cc1. The second-order valence-electron chi connectivity index (χ2n) is 11.5. The Morgan fingerprint density at radius 3 is 1.62 bits per heavy atom. The Hall–Kier alpha value is -3.34. The van der Waals surface area contributed by atoms with E-state index in [0.29, 0.717) is 105 Å². The maximum Gasteiger partial charge on any atom is 0.323 e. The molecule has 0 radical (unpaired) electrons. The van der Waals surface area contributed by atoms with Crippen molar-refractivity contribution in [2.45, 2.75) is 39.2 Å². The van der Waals surface area contributed by atoms with Crippen LogP contribution in [0.25, 0.3) is 0 Å². The number of rotatable bonds is 21. The lowest BCUT2D eigenvalue weighted by Gasteiger charge is -2.36. The van der Waals surface area contributed by atoms with E-state index in [0.717, 1.165) is 11.3 Å². The van der Waals surface area contributed by atoms with Crippen LogP contribution in [-0.4, -0.2) is 176 Å². The van der Waals surface area contributed by atoms with Crippen molar-refractivity contribution in [1.29, 1.82) is 0 Å². The molecule has 15 nitrogen and oxygen atoms in total. The number of carboxylic acid groups (broad SMARTS) is 3. The van der Waals surface area contributed by atoms with Gasteiger partial charge in [-0.1, -0.05) is 12.1 Å². The molecular formula is C33H54N4O11. The van der Waals surface area contributed by atoms with Crippen molar-refractivity contribution in [2.75, 3.05) is 112 Å². The zero-order valence-corrected chi connectivity index (χ0v) is 28.4. The Labute approximate surface area is 283 Å². The summed E-state index contributed by atoms with van der Waals surface area (Å²) in [6.45, 7) is 8.35. The second kappa shape index (κ2) is 23.9. The summed E-state index contributed by atoms with van der Waals surface area (Å²) in [5, 5.41) is 28.4. The van der Waals surface area contributed by atoms with Gasteiger partial charge in [-0.25, -0.2) is 0 Å². The summed E-state index contributed by atoms with van der Waals surface area (Å²) in [6.07, 6.45) is 1.87. The second-order valence-corrected chi connectivity index (χ2v) is 11.5. The van der Waals surface area contributed by atoms with Crippen LogP contribution in [0.1, 0.15) is 32.3 Å². The highest BCUT2D eigenvalue weighted by atomic mass is 16.5. The van der Waals surface area contributed by atoms with Crippen LogP contribution >= 0.6 is 0 Å². The maximum absolute atomic E-state index is 13.3. The van der Waals surface area contributed by atoms with Gasteiger partial charge in [0.05, 0.1) is 46.1 Å². The zero-order valence-electron chi connectivity index (χ0n) is 28.4. The molecule has 1 aromatic rings. The quantitative estimate of drug-likeness (QED) is 0.123. The van der Waals surface area contributed by atoms with Gasteiger partial charge in [0.2, 0.25) is 0 Å². The molecule has 3 N–H and O–H groups in total. The molecule has 1 fully saturated rings. The summed E-state index contributed by atoms with van der Waals surface area (Å²) in [6, 6.07) is 7.17. The number of aryl methyl sites for hydroxylation is 1. The first-order valence-corrected chi connectivity index (χ1v) is 16.7. The number of hydrogen-bond acceptors (Lipinski definition) is 12. The van der Waals surface area contributed by atoms with E-state index in [2.05, 4.69) is 0 Å². The number of benzene rings is 1. The average Bonchev–Trinajstić information content (AvgIpc) is 3.03. The van der Waals surface area contributed by atoms with Gasteiger partial charge in [0, 0.05) is 59.0 Å². The number of carbonyl (C=O) groups is 4. The molecule has 2 rings (SSSR count). The monoisotopic (exact) mass is 682 g/mol. The topological polar surface area (TPSA) is 179 Å². The fourth-order valence-corrected chi connectivity index (χ4v) is 5.44. The maximum atomic E-state index is 13.3. The standard InChI is InChI=1S/C33H54N4O11/c1-3-45-20-21-46-22-23-48-28-10-8-27(9-11-28)6-5-7-29(33(44)47-4-2)37-18-16-35(25-31(40)41)14-12-34(24-30(38)39)13-15-36(17-19-37)26-32(42)43/h8-11,29H,3-7,12-26H2,1-2H3,(H,38,39)(H,40,41)(H,42,43). The van der Waals surface area contributed by atoms with Gasteiger partial charge in [-0.3, -0.25) is 38.8 Å². The lowest BCUT2D eigenvalue weighted by molar-refractivity contribution is -0.150. The normalized spacial score (nSPS) is 16.8. The first-order valence-electron chi connectivity index (χ1n) is 16.7. The summed E-state index contributed by atoms with van der Waals surface area (Å²) < 4.78 is 21.9. The zero-order chi connectivity index (χ0) is 35.1. The molecule has 1 aliphatic rings. The molecule has 0 bridgehead atoms. The van der Waals surface area contributed by atoms with Crippen molar-refractivity contribution >= 4 is 23.9 Å². The highest BCUT2D eigenvalue weighted by Gasteiger charge is 2.29. The Bertz CT molecular complexity index is 1060. The number of esters is 1. The van der Waals surface area contributed by atoms with Gasteiger partial charge in [0.1, 0.15) is 18.4 Å². The number of hydrogen-bond donors (Lipinski definition) is 3. The van der Waals surface area contributed by atoms with Crippen LogP contribution in [0.4, 0.5) is 0 Å². The lowest BCUT2D eigenvalue weighted by Crippen LogP contribution is -2.52. The van der Waals surface area contributed by atoms with E-state index < -0.39 is 23.9 Å². The molecule has 1 unspecified atom stereocenters. The van der Waals surface area contributed by atoms with Crippen molar-refractivity contribution in [3.63, 3.8) is 0 Å². The molecule has 48 heavy (non-hydrogen) atoms. The van der Waals surface area contributed by atoms with E-state index in [-0.39, 0.29) is 32.2 Å². The minimum atomic E-state index is -1.01. The molecule has 1 aromatic carbocycles. The number of nitrogens with zero attached hydrogens (tertiary/aromatic N) is 4. The summed E-state index contributed by atoms with van der Waals surface area (Å²) in [4.78, 5) is 55.2. The van der Waals surface area contributed by atoms with E-state index >= 15 is 0 Å². The van der Waals surface area contributed by atoms with Gasteiger partial charge >= 0.3 is 23.9 Å². The molecule has 15 heteroatoms. The van der Waals surface area contributed by atoms with Crippen LogP contribution in [0, 0.1) is 0 Å². The molecule has 1 heterocycles. The molecule has 0 saturated carbocycles. The van der Waals surface area contributed by atoms with E-state index in [1.54, 1.807) is 21.6 Å². The lowest BCUT2D eigenvalue weighted by atomic mass is 10.0. The minimum absolute atomic E-state index is 0.206. The van der Waals surface area contributed by atoms with Crippen LogP contribution in [-0.2, 0) is 39.8 Å². The summed E-state index contributed by atoms with van der Waals surface area (Å²) in [5.41, 5.74) is 1.08. The molecule has 272 valence electrons. The van der Waals surface area contributed by atoms with Crippen LogP contribution in [0.15, 0.2) is 24.3 Å². The predicted octanol–water partition coefficient (Wildman–Crippen LogP) is 0.848. The van der Waals surface area contributed by atoms with Crippen molar-refractivity contribution < 1.29 is 53.4 Å². The number of carboxylic acids is 3. The smallest absolute Gasteiger partial charge is 0.323 e. The molecule has 1 aliphatic heterocycles. The highest BCUT2D eigenvalue weighted by molar-refractivity contribution is 5.75. The summed E-state index contributed by atoms with van der Waals surface area (Å²) in [7, 11) is 0. The fourth-order valence-electron chi connectivity index (χ4n) is 5.44. The first kappa shape index (κ1) is 40.8. The largest absolute Gasteiger partial charge is 0.491 e. The van der Waals surface area contributed by atoms with Crippen LogP contribution in [0.2, 0.25) is 0 Å². The van der Waals surface area contributed by atoms with Crippen LogP contribution in [0.3, 0.4) is 0 Å². The van der Waals surface area contributed by atoms with E-state index in [4.69, 9.17) is 18.9 Å². The molecule has 0 aliphatic carbocycles. The Balaban J connectivity index is 2.10. The van der Waals surface area contributed by atoms with E-state index in [1.165, 1.54) is 0 Å². The van der Waals surface area contributed by atoms with E-state index in [1.807, 2.05) is 36.1 Å². The number of aliphatic carboxylic acids is 3. The average molecular weight is 683 g/mol. The molecule has 1 saturated heterocycles. The molecule has 0 amide bonds. The molecule has 0 aromatic heterocycles. The minimum Gasteiger partial charge on any atom is -0.491 e. The third kappa shape index (κ3) is 17.7. The third-order valence-corrected chi connectivity index (χ3v) is 7.89. The van der Waals surface area contributed by atoms with Gasteiger partial charge in [0.15, 0.2) is 0 Å². The van der Waals surface area contributed by atoms with Gasteiger partial charge < -0.3 is 34.3 Å². The third-order valence-electron chi connectivity index (χ3n) is 7.89. The van der Waals surface area contributed by atoms with Crippen molar-refractivity contribution in [2.24, 2.45) is 0 Å². The van der Waals surface area contributed by atoms with Gasteiger partial charge in [-0.05, 0) is 50.8 Å². The summed E-state index contributed by atoms with van der Waals surface area (Å²) >= 11 is 0. The fraction of sp³-hybridized carbons (Fsp3) is 0.697. The first-order chi connectivity index (χ1) is 23.1. The number of carbonyl (C=O) groups excluding carboxylic acids is 1. The Kier molecular flexibility index (Phi) is 20.3. The van der Waals surface area contributed by atoms with Gasteiger partial charge in [0.25, 0.3) is 0 Å². The summed E-state index contributed by atoms with van der Waals surface area (Å²) in [5.74, 6) is -2.66. The van der Waals surface area contributed by atoms with Gasteiger partial charge in [-0.15, -0.1) is 0 Å². The Morgan fingerprint density at radius 2 is 1.15 bits per heavy atom. The number of ether oxygens (including phenoxy) is 4. The predicted molar refractivity (Wildman–Crippen MR) is 176 cm³/mol. The highest BCUT2D eigenvalue weighted by Crippen LogP contribution is 2.17. The van der Waals surface area contributed by atoms with Crippen LogP contribution < -0.4 is 4.74 Å². The van der Waals surface area contributed by atoms with Crippen molar-refractivity contribution in [1.82, 2.24) is 19.6 Å². The molecule has 0 spiro atoms.